The van der Waals surface area contributed by atoms with Crippen molar-refractivity contribution in [2.75, 3.05) is 7.11 Å². The van der Waals surface area contributed by atoms with Crippen LogP contribution in [0.1, 0.15) is 21.0 Å². The number of imidazole rings is 1. The van der Waals surface area contributed by atoms with Gasteiger partial charge in [0, 0.05) is 10.5 Å². The fraction of sp³-hybridized carbons (Fsp3) is 0.0500. The summed E-state index contributed by atoms with van der Waals surface area (Å²) in [6.07, 6.45) is 0. The molecule has 0 bridgehead atoms. The van der Waals surface area contributed by atoms with Crippen LogP contribution in [0.25, 0.3) is 11.4 Å². The number of H-pyrrole nitrogens is 1. The minimum Gasteiger partial charge on any atom is -0.497 e. The van der Waals surface area contributed by atoms with Gasteiger partial charge in [0.2, 0.25) is 11.6 Å². The smallest absolute Gasteiger partial charge is 0.224 e. The summed E-state index contributed by atoms with van der Waals surface area (Å²) in [6, 6.07) is 16.4. The van der Waals surface area contributed by atoms with Crippen molar-refractivity contribution < 1.29 is 14.3 Å². The van der Waals surface area contributed by atoms with Crippen LogP contribution in [-0.4, -0.2) is 28.6 Å². The van der Waals surface area contributed by atoms with Gasteiger partial charge in [0.05, 0.1) is 12.0 Å². The van der Waals surface area contributed by atoms with Crippen LogP contribution < -0.4 is 4.74 Å². The predicted octanol–water partition coefficient (Wildman–Crippen LogP) is 4.71. The first-order valence-electron chi connectivity index (χ1n) is 8.05. The van der Waals surface area contributed by atoms with Gasteiger partial charge in [-0.1, -0.05) is 53.7 Å². The van der Waals surface area contributed by atoms with Crippen LogP contribution in [0.5, 0.6) is 5.75 Å². The van der Waals surface area contributed by atoms with Gasteiger partial charge < -0.3 is 9.72 Å². The third-order valence-corrected chi connectivity index (χ3v) is 5.65. The summed E-state index contributed by atoms with van der Waals surface area (Å²) in [5.74, 6) is 0.362. The van der Waals surface area contributed by atoms with Crippen molar-refractivity contribution in [1.82, 2.24) is 9.97 Å². The number of nitrogens with one attached hydrogen (secondary N) is 1. The number of halogens is 1. The van der Waals surface area contributed by atoms with E-state index in [0.29, 0.717) is 11.6 Å². The summed E-state index contributed by atoms with van der Waals surface area (Å²) in [7, 11) is 1.58. The molecule has 0 saturated heterocycles. The number of rotatable bonds is 4. The number of ketones is 2. The van der Waals surface area contributed by atoms with E-state index >= 15 is 0 Å². The summed E-state index contributed by atoms with van der Waals surface area (Å²) < 4.78 is 5.13. The number of nitrogens with zero attached hydrogens (tertiary/aromatic N) is 1. The molecular formula is C20H13ClN2O3S. The Morgan fingerprint density at radius 3 is 2.37 bits per heavy atom. The summed E-state index contributed by atoms with van der Waals surface area (Å²) in [5, 5.41) is -0.100. The molecule has 1 aliphatic rings. The van der Waals surface area contributed by atoms with Crippen LogP contribution in [0.2, 0.25) is 0 Å². The van der Waals surface area contributed by atoms with E-state index in [9.17, 15) is 9.59 Å². The van der Waals surface area contributed by atoms with Crippen LogP contribution in [0.4, 0.5) is 0 Å². The Labute approximate surface area is 164 Å². The summed E-state index contributed by atoms with van der Waals surface area (Å²) >= 11 is 7.38. The van der Waals surface area contributed by atoms with Gasteiger partial charge in [-0.3, -0.25) is 9.59 Å². The lowest BCUT2D eigenvalue weighted by molar-refractivity contribution is 0.0982. The van der Waals surface area contributed by atoms with Crippen LogP contribution in [0.3, 0.4) is 0 Å². The molecule has 4 rings (SSSR count). The number of allylic oxidation sites excluding steroid dienone is 2. The number of hydrogen-bond donors (Lipinski definition) is 1. The number of hydrogen-bond acceptors (Lipinski definition) is 5. The molecule has 0 atom stereocenters. The number of benzene rings is 2. The summed E-state index contributed by atoms with van der Waals surface area (Å²) in [4.78, 5) is 33.8. The number of aromatic amines is 1. The fourth-order valence-electron chi connectivity index (χ4n) is 2.71. The maximum Gasteiger partial charge on any atom is 0.224 e. The van der Waals surface area contributed by atoms with Crippen molar-refractivity contribution in [2.45, 2.75) is 4.90 Å². The van der Waals surface area contributed by atoms with E-state index in [1.165, 1.54) is 0 Å². The minimum absolute atomic E-state index is 0.0965. The van der Waals surface area contributed by atoms with Crippen LogP contribution >= 0.6 is 23.4 Å². The van der Waals surface area contributed by atoms with Crippen molar-refractivity contribution in [1.29, 1.82) is 0 Å². The number of thioether (sulfide) groups is 1. The zero-order valence-corrected chi connectivity index (χ0v) is 15.7. The van der Waals surface area contributed by atoms with E-state index in [-0.39, 0.29) is 27.1 Å². The topological polar surface area (TPSA) is 72.1 Å². The average Bonchev–Trinajstić information content (AvgIpc) is 3.16. The molecule has 1 N–H and O–H groups in total. The standard InChI is InChI=1S/C20H13ClN2O3S/c1-26-12-7-9-13(10-8-12)27-19-14(21)17(24)15-16(18(19)25)23-20(22-15)11-5-3-2-4-6-11/h2-10H,1H3,(H,22,23). The quantitative estimate of drug-likeness (QED) is 0.691. The van der Waals surface area contributed by atoms with E-state index in [2.05, 4.69) is 9.97 Å². The van der Waals surface area contributed by atoms with Crippen molar-refractivity contribution in [2.24, 2.45) is 0 Å². The van der Waals surface area contributed by atoms with Crippen LogP contribution in [0.15, 0.2) is 69.4 Å². The molecule has 7 heteroatoms. The first kappa shape index (κ1) is 17.6. The summed E-state index contributed by atoms with van der Waals surface area (Å²) in [6.45, 7) is 0. The SMILES string of the molecule is COc1ccc(SC2=C(Cl)C(=O)c3[nH]c(-c4ccccc4)nc3C2=O)cc1. The number of Topliss-reactive ketones (excluding diaryl/α,β-unsaturated/α-hetero) is 2. The summed E-state index contributed by atoms with van der Waals surface area (Å²) in [5.41, 5.74) is 1.01. The Morgan fingerprint density at radius 1 is 1.00 bits per heavy atom. The molecule has 5 nitrogen and oxygen atoms in total. The van der Waals surface area contributed by atoms with Crippen LogP contribution in [0, 0.1) is 0 Å². The molecule has 1 aromatic heterocycles. The van der Waals surface area contributed by atoms with E-state index in [0.717, 1.165) is 22.2 Å². The van der Waals surface area contributed by atoms with Gasteiger partial charge in [-0.2, -0.15) is 0 Å². The molecule has 27 heavy (non-hydrogen) atoms. The predicted molar refractivity (Wildman–Crippen MR) is 104 cm³/mol. The second kappa shape index (κ2) is 7.06. The molecule has 3 aromatic rings. The molecule has 1 aliphatic carbocycles. The third kappa shape index (κ3) is 3.18. The Morgan fingerprint density at radius 2 is 1.70 bits per heavy atom. The van der Waals surface area contributed by atoms with Gasteiger partial charge in [-0.15, -0.1) is 0 Å². The van der Waals surface area contributed by atoms with Gasteiger partial charge in [-0.25, -0.2) is 4.98 Å². The molecule has 1 heterocycles. The van der Waals surface area contributed by atoms with Crippen molar-refractivity contribution in [3.63, 3.8) is 0 Å². The molecule has 0 spiro atoms. The molecule has 0 saturated carbocycles. The molecule has 0 radical (unpaired) electrons. The molecule has 0 amide bonds. The largest absolute Gasteiger partial charge is 0.497 e. The number of ether oxygens (including phenoxy) is 1. The Bertz CT molecular complexity index is 1070. The fourth-order valence-corrected chi connectivity index (χ4v) is 3.88. The van der Waals surface area contributed by atoms with Crippen LogP contribution in [-0.2, 0) is 0 Å². The zero-order chi connectivity index (χ0) is 19.0. The second-order valence-corrected chi connectivity index (χ2v) is 7.22. The number of carbonyl (C=O) groups excluding carboxylic acids is 2. The van der Waals surface area contributed by atoms with Gasteiger partial charge in [0.1, 0.15) is 28.0 Å². The second-order valence-electron chi connectivity index (χ2n) is 5.75. The zero-order valence-electron chi connectivity index (χ0n) is 14.2. The van der Waals surface area contributed by atoms with E-state index < -0.39 is 5.78 Å². The van der Waals surface area contributed by atoms with Gasteiger partial charge in [0.25, 0.3) is 0 Å². The Kier molecular flexibility index (Phi) is 4.59. The number of carbonyl (C=O) groups is 2. The van der Waals surface area contributed by atoms with Crippen molar-refractivity contribution in [3.05, 3.63) is 75.9 Å². The highest BCUT2D eigenvalue weighted by Crippen LogP contribution is 2.38. The first-order chi connectivity index (χ1) is 13.1. The molecule has 0 fully saturated rings. The van der Waals surface area contributed by atoms with Crippen molar-refractivity contribution >= 4 is 34.9 Å². The van der Waals surface area contributed by atoms with E-state index in [1.807, 2.05) is 30.3 Å². The molecular weight excluding hydrogens is 384 g/mol. The maximum absolute atomic E-state index is 12.9. The average molecular weight is 397 g/mol. The highest BCUT2D eigenvalue weighted by Gasteiger charge is 2.35. The number of methoxy groups -OCH3 is 1. The lowest BCUT2D eigenvalue weighted by Crippen LogP contribution is -2.18. The van der Waals surface area contributed by atoms with E-state index in [4.69, 9.17) is 16.3 Å². The molecule has 0 unspecified atom stereocenters. The lowest BCUT2D eigenvalue weighted by atomic mass is 10.1. The van der Waals surface area contributed by atoms with Gasteiger partial charge in [0.15, 0.2) is 0 Å². The highest BCUT2D eigenvalue weighted by molar-refractivity contribution is 8.04. The molecule has 2 aromatic carbocycles. The highest BCUT2D eigenvalue weighted by atomic mass is 35.5. The Hall–Kier alpha value is -2.83. The number of aromatic nitrogens is 2. The van der Waals surface area contributed by atoms with Gasteiger partial charge >= 0.3 is 0 Å². The monoisotopic (exact) mass is 396 g/mol. The molecule has 0 aliphatic heterocycles. The van der Waals surface area contributed by atoms with E-state index in [1.54, 1.807) is 31.4 Å². The normalized spacial score (nSPS) is 13.7. The maximum atomic E-state index is 12.9. The number of fused-ring (bicyclic) bond motifs is 1. The Balaban J connectivity index is 1.69. The minimum atomic E-state index is -0.433. The molecule has 134 valence electrons. The van der Waals surface area contributed by atoms with Crippen molar-refractivity contribution in [3.8, 4) is 17.1 Å². The first-order valence-corrected chi connectivity index (χ1v) is 9.24. The van der Waals surface area contributed by atoms with Gasteiger partial charge in [-0.05, 0) is 24.3 Å². The lowest BCUT2D eigenvalue weighted by Gasteiger charge is -2.13. The third-order valence-electron chi connectivity index (χ3n) is 4.08.